The van der Waals surface area contributed by atoms with Gasteiger partial charge in [-0.1, -0.05) is 12.1 Å². The number of benzene rings is 1. The van der Waals surface area contributed by atoms with E-state index in [0.717, 1.165) is 19.6 Å². The van der Waals surface area contributed by atoms with Gasteiger partial charge in [0.2, 0.25) is 0 Å². The van der Waals surface area contributed by atoms with Crippen molar-refractivity contribution in [2.45, 2.75) is 25.9 Å². The van der Waals surface area contributed by atoms with Gasteiger partial charge in [0.05, 0.1) is 0 Å². The Balaban J connectivity index is 0.00000144. The van der Waals surface area contributed by atoms with Gasteiger partial charge in [-0.3, -0.25) is 4.90 Å². The summed E-state index contributed by atoms with van der Waals surface area (Å²) in [7, 11) is 0. The topological polar surface area (TPSA) is 49.5 Å². The van der Waals surface area contributed by atoms with Crippen molar-refractivity contribution in [3.05, 3.63) is 29.8 Å². The predicted octanol–water partition coefficient (Wildman–Crippen LogP) is 1.98. The minimum atomic E-state index is 0. The Bertz CT molecular complexity index is 357. The fourth-order valence-electron chi connectivity index (χ4n) is 2.35. The van der Waals surface area contributed by atoms with Crippen molar-refractivity contribution in [3.8, 4) is 5.75 Å². The largest absolute Gasteiger partial charge is 0.508 e. The molecule has 0 bridgehead atoms. The van der Waals surface area contributed by atoms with Crippen LogP contribution in [0.25, 0.3) is 0 Å². The molecule has 17 heavy (non-hydrogen) atoms. The monoisotopic (exact) mass is 256 g/mol. The lowest BCUT2D eigenvalue weighted by atomic mass is 10.0. The number of aromatic hydroxyl groups is 1. The Hall–Kier alpha value is -0.770. The van der Waals surface area contributed by atoms with Crippen molar-refractivity contribution in [2.24, 2.45) is 11.7 Å². The molecule has 1 aromatic carbocycles. The summed E-state index contributed by atoms with van der Waals surface area (Å²) in [5, 5.41) is 9.39. The van der Waals surface area contributed by atoms with E-state index in [9.17, 15) is 5.11 Å². The van der Waals surface area contributed by atoms with Crippen molar-refractivity contribution >= 4 is 12.4 Å². The summed E-state index contributed by atoms with van der Waals surface area (Å²) in [6, 6.07) is 7.77. The van der Waals surface area contributed by atoms with Crippen molar-refractivity contribution in [2.75, 3.05) is 13.1 Å². The van der Waals surface area contributed by atoms with Crippen LogP contribution in [0.2, 0.25) is 0 Å². The van der Waals surface area contributed by atoms with E-state index in [2.05, 4.69) is 17.9 Å². The lowest BCUT2D eigenvalue weighted by Gasteiger charge is -2.17. The highest BCUT2D eigenvalue weighted by Crippen LogP contribution is 2.21. The van der Waals surface area contributed by atoms with Crippen LogP contribution >= 0.6 is 12.4 Å². The van der Waals surface area contributed by atoms with Gasteiger partial charge in [0.1, 0.15) is 5.75 Å². The molecule has 0 amide bonds. The predicted molar refractivity (Wildman–Crippen MR) is 72.4 cm³/mol. The first kappa shape index (κ1) is 14.3. The van der Waals surface area contributed by atoms with Gasteiger partial charge in [-0.25, -0.2) is 0 Å². The third-order valence-electron chi connectivity index (χ3n) is 3.37. The molecule has 2 rings (SSSR count). The molecule has 96 valence electrons. The third-order valence-corrected chi connectivity index (χ3v) is 3.37. The van der Waals surface area contributed by atoms with Crippen molar-refractivity contribution in [3.63, 3.8) is 0 Å². The maximum absolute atomic E-state index is 9.39. The molecule has 1 heterocycles. The van der Waals surface area contributed by atoms with Crippen LogP contribution in [0.3, 0.4) is 0 Å². The smallest absolute Gasteiger partial charge is 0.115 e. The van der Waals surface area contributed by atoms with Gasteiger partial charge in [0.25, 0.3) is 0 Å². The first-order valence-electron chi connectivity index (χ1n) is 5.91. The molecule has 1 aliphatic rings. The lowest BCUT2D eigenvalue weighted by Crippen LogP contribution is -2.29. The quantitative estimate of drug-likeness (QED) is 0.870. The standard InChI is InChI=1S/C13H20N2O.ClH/c1-10(14)12-5-6-15(9-12)8-11-3-2-4-13(16)7-11;/h2-4,7,10,12,16H,5-6,8-9,14H2,1H3;1H. The first-order valence-corrected chi connectivity index (χ1v) is 5.91. The van der Waals surface area contributed by atoms with E-state index in [0.29, 0.717) is 11.7 Å². The first-order chi connectivity index (χ1) is 7.65. The summed E-state index contributed by atoms with van der Waals surface area (Å²) in [6.45, 7) is 5.19. The summed E-state index contributed by atoms with van der Waals surface area (Å²) in [4.78, 5) is 2.41. The number of likely N-dealkylation sites (tertiary alicyclic amines) is 1. The van der Waals surface area contributed by atoms with Crippen LogP contribution in [0.5, 0.6) is 5.75 Å². The van der Waals surface area contributed by atoms with Gasteiger partial charge < -0.3 is 10.8 Å². The average Bonchev–Trinajstić information content (AvgIpc) is 2.66. The van der Waals surface area contributed by atoms with E-state index in [1.165, 1.54) is 12.0 Å². The zero-order valence-electron chi connectivity index (χ0n) is 10.2. The molecule has 1 aromatic rings. The molecule has 1 aliphatic heterocycles. The molecule has 0 spiro atoms. The molecule has 1 fully saturated rings. The number of halogens is 1. The van der Waals surface area contributed by atoms with E-state index < -0.39 is 0 Å². The third kappa shape index (κ3) is 3.87. The molecule has 2 atom stereocenters. The summed E-state index contributed by atoms with van der Waals surface area (Å²) >= 11 is 0. The Morgan fingerprint density at radius 1 is 1.53 bits per heavy atom. The highest BCUT2D eigenvalue weighted by Gasteiger charge is 2.24. The van der Waals surface area contributed by atoms with Crippen LogP contribution in [0.15, 0.2) is 24.3 Å². The van der Waals surface area contributed by atoms with Crippen LogP contribution in [-0.4, -0.2) is 29.1 Å². The molecule has 0 aromatic heterocycles. The fourth-order valence-corrected chi connectivity index (χ4v) is 2.35. The van der Waals surface area contributed by atoms with E-state index in [1.807, 2.05) is 12.1 Å². The van der Waals surface area contributed by atoms with Crippen molar-refractivity contribution in [1.29, 1.82) is 0 Å². The second-order valence-electron chi connectivity index (χ2n) is 4.81. The van der Waals surface area contributed by atoms with E-state index in [1.54, 1.807) is 6.07 Å². The Morgan fingerprint density at radius 2 is 2.29 bits per heavy atom. The minimum absolute atomic E-state index is 0. The van der Waals surface area contributed by atoms with Crippen LogP contribution in [0, 0.1) is 5.92 Å². The Kier molecular flexibility index (Phi) is 5.25. The summed E-state index contributed by atoms with van der Waals surface area (Å²) in [5.41, 5.74) is 7.08. The van der Waals surface area contributed by atoms with Gasteiger partial charge in [0, 0.05) is 19.1 Å². The number of phenolic OH excluding ortho intramolecular Hbond substituents is 1. The number of rotatable bonds is 3. The molecule has 0 aliphatic carbocycles. The van der Waals surface area contributed by atoms with Crippen molar-refractivity contribution < 1.29 is 5.11 Å². The number of nitrogens with two attached hydrogens (primary N) is 1. The highest BCUT2D eigenvalue weighted by molar-refractivity contribution is 5.85. The number of hydrogen-bond acceptors (Lipinski definition) is 3. The van der Waals surface area contributed by atoms with Crippen LogP contribution in [0.1, 0.15) is 18.9 Å². The van der Waals surface area contributed by atoms with Crippen LogP contribution < -0.4 is 5.73 Å². The fraction of sp³-hybridized carbons (Fsp3) is 0.538. The zero-order valence-corrected chi connectivity index (χ0v) is 11.0. The molecular weight excluding hydrogens is 236 g/mol. The normalized spacial score (nSPS) is 22.1. The Morgan fingerprint density at radius 3 is 2.88 bits per heavy atom. The average molecular weight is 257 g/mol. The van der Waals surface area contributed by atoms with E-state index in [4.69, 9.17) is 5.73 Å². The number of nitrogens with zero attached hydrogens (tertiary/aromatic N) is 1. The van der Waals surface area contributed by atoms with Crippen LogP contribution in [0.4, 0.5) is 0 Å². The minimum Gasteiger partial charge on any atom is -0.508 e. The molecule has 4 heteroatoms. The molecule has 1 saturated heterocycles. The van der Waals surface area contributed by atoms with Gasteiger partial charge in [-0.2, -0.15) is 0 Å². The van der Waals surface area contributed by atoms with Crippen molar-refractivity contribution in [1.82, 2.24) is 4.90 Å². The lowest BCUT2D eigenvalue weighted by molar-refractivity contribution is 0.308. The van der Waals surface area contributed by atoms with Gasteiger partial charge in [-0.05, 0) is 43.5 Å². The molecule has 2 unspecified atom stereocenters. The molecule has 0 saturated carbocycles. The maximum atomic E-state index is 9.39. The summed E-state index contributed by atoms with van der Waals surface area (Å²) in [6.07, 6.45) is 1.19. The SMILES string of the molecule is CC(N)C1CCN(Cc2cccc(O)c2)C1.Cl. The van der Waals surface area contributed by atoms with Gasteiger partial charge in [-0.15, -0.1) is 12.4 Å². The maximum Gasteiger partial charge on any atom is 0.115 e. The highest BCUT2D eigenvalue weighted by atomic mass is 35.5. The molecule has 0 radical (unpaired) electrons. The molecular formula is C13H21ClN2O. The summed E-state index contributed by atoms with van der Waals surface area (Å²) in [5.74, 6) is 0.970. The van der Waals surface area contributed by atoms with Crippen LogP contribution in [-0.2, 0) is 6.54 Å². The number of phenols is 1. The van der Waals surface area contributed by atoms with E-state index in [-0.39, 0.29) is 18.4 Å². The summed E-state index contributed by atoms with van der Waals surface area (Å²) < 4.78 is 0. The van der Waals surface area contributed by atoms with E-state index >= 15 is 0 Å². The second kappa shape index (κ2) is 6.24. The molecule has 3 nitrogen and oxygen atoms in total. The Labute approximate surface area is 109 Å². The van der Waals surface area contributed by atoms with Gasteiger partial charge >= 0.3 is 0 Å². The second-order valence-corrected chi connectivity index (χ2v) is 4.81. The zero-order chi connectivity index (χ0) is 11.5. The number of hydrogen-bond donors (Lipinski definition) is 2. The molecule has 3 N–H and O–H groups in total. The van der Waals surface area contributed by atoms with Gasteiger partial charge in [0.15, 0.2) is 0 Å².